The van der Waals surface area contributed by atoms with Crippen LogP contribution in [-0.2, 0) is 16.4 Å². The summed E-state index contributed by atoms with van der Waals surface area (Å²) in [4.78, 5) is 19.7. The van der Waals surface area contributed by atoms with E-state index in [4.69, 9.17) is 9.62 Å². The van der Waals surface area contributed by atoms with Gasteiger partial charge in [0.15, 0.2) is 0 Å². The second kappa shape index (κ2) is 5.36. The maximum Gasteiger partial charge on any atom is 0.150 e. The molecule has 76 valence electrons. The molecular formula is C10H12O4. The number of benzene rings is 1. The molecule has 14 heavy (non-hydrogen) atoms. The molecule has 0 bridgehead atoms. The van der Waals surface area contributed by atoms with Crippen molar-refractivity contribution < 1.29 is 19.3 Å². The topological polar surface area (TPSA) is 44.8 Å². The third-order valence-corrected chi connectivity index (χ3v) is 1.78. The Hall–Kier alpha value is -1.39. The summed E-state index contributed by atoms with van der Waals surface area (Å²) >= 11 is 0. The van der Waals surface area contributed by atoms with Gasteiger partial charge in [0.2, 0.25) is 0 Å². The Kier molecular flexibility index (Phi) is 4.10. The molecule has 0 radical (unpaired) electrons. The maximum atomic E-state index is 10.5. The van der Waals surface area contributed by atoms with Gasteiger partial charge in [0.25, 0.3) is 0 Å². The summed E-state index contributed by atoms with van der Waals surface area (Å²) in [6.07, 6.45) is 0.767. The first-order valence-corrected chi connectivity index (χ1v) is 4.09. The number of ether oxygens (including phenoxy) is 1. The lowest BCUT2D eigenvalue weighted by molar-refractivity contribution is -0.282. The summed E-state index contributed by atoms with van der Waals surface area (Å²) in [5.74, 6) is 0.617. The van der Waals surface area contributed by atoms with E-state index in [1.807, 2.05) is 0 Å². The Morgan fingerprint density at radius 1 is 1.36 bits per heavy atom. The summed E-state index contributed by atoms with van der Waals surface area (Å²) in [6, 6.07) is 5.12. The van der Waals surface area contributed by atoms with E-state index in [-0.39, 0.29) is 0 Å². The largest absolute Gasteiger partial charge is 0.496 e. The Balaban J connectivity index is 2.87. The van der Waals surface area contributed by atoms with Gasteiger partial charge in [-0.3, -0.25) is 4.79 Å². The van der Waals surface area contributed by atoms with Crippen LogP contribution in [0.5, 0.6) is 5.75 Å². The highest BCUT2D eigenvalue weighted by Crippen LogP contribution is 2.20. The average Bonchev–Trinajstić information content (AvgIpc) is 2.26. The molecule has 0 amide bonds. The molecule has 0 unspecified atom stereocenters. The molecule has 0 aliphatic rings. The lowest BCUT2D eigenvalue weighted by Crippen LogP contribution is -1.96. The summed E-state index contributed by atoms with van der Waals surface area (Å²) in [7, 11) is 2.98. The van der Waals surface area contributed by atoms with E-state index < -0.39 is 0 Å². The number of hydrogen-bond donors (Lipinski definition) is 0. The molecule has 0 saturated heterocycles. The summed E-state index contributed by atoms with van der Waals surface area (Å²) < 4.78 is 5.09. The molecule has 0 aliphatic heterocycles. The van der Waals surface area contributed by atoms with Crippen molar-refractivity contribution in [3.8, 4) is 5.75 Å². The highest BCUT2D eigenvalue weighted by atomic mass is 17.2. The van der Waals surface area contributed by atoms with Gasteiger partial charge in [-0.05, 0) is 6.07 Å². The second-order valence-electron chi connectivity index (χ2n) is 2.62. The van der Waals surface area contributed by atoms with Gasteiger partial charge in [-0.1, -0.05) is 12.1 Å². The number of carbonyl (C=O) groups is 1. The molecule has 0 aromatic heterocycles. The molecule has 1 rings (SSSR count). The van der Waals surface area contributed by atoms with Gasteiger partial charge < -0.3 is 4.74 Å². The Morgan fingerprint density at radius 3 is 2.71 bits per heavy atom. The predicted octanol–water partition coefficient (Wildman–Crippen LogP) is 1.59. The highest BCUT2D eigenvalue weighted by molar-refractivity contribution is 5.75. The van der Waals surface area contributed by atoms with Crippen molar-refractivity contribution in [1.29, 1.82) is 0 Å². The van der Waals surface area contributed by atoms with Gasteiger partial charge >= 0.3 is 0 Å². The van der Waals surface area contributed by atoms with Gasteiger partial charge in [0.05, 0.1) is 14.2 Å². The lowest BCUT2D eigenvalue weighted by atomic mass is 10.1. The summed E-state index contributed by atoms with van der Waals surface area (Å²) in [5.41, 5.74) is 1.41. The van der Waals surface area contributed by atoms with Crippen molar-refractivity contribution in [2.45, 2.75) is 6.61 Å². The number of methoxy groups -OCH3 is 1. The van der Waals surface area contributed by atoms with Crippen molar-refractivity contribution in [3.05, 3.63) is 29.3 Å². The number of hydrogen-bond acceptors (Lipinski definition) is 4. The fraction of sp³-hybridized carbons (Fsp3) is 0.300. The number of carbonyl (C=O) groups excluding carboxylic acids is 1. The minimum absolute atomic E-state index is 0.290. The van der Waals surface area contributed by atoms with Crippen LogP contribution >= 0.6 is 0 Å². The Labute approximate surface area is 82.3 Å². The second-order valence-corrected chi connectivity index (χ2v) is 2.62. The van der Waals surface area contributed by atoms with Crippen LogP contribution < -0.4 is 4.74 Å². The van der Waals surface area contributed by atoms with Gasteiger partial charge in [0.1, 0.15) is 18.6 Å². The van der Waals surface area contributed by atoms with Crippen molar-refractivity contribution in [2.24, 2.45) is 0 Å². The maximum absolute atomic E-state index is 10.5. The van der Waals surface area contributed by atoms with Gasteiger partial charge in [-0.2, -0.15) is 0 Å². The van der Waals surface area contributed by atoms with Crippen LogP contribution in [-0.4, -0.2) is 20.5 Å². The van der Waals surface area contributed by atoms with Crippen molar-refractivity contribution in [1.82, 2.24) is 0 Å². The minimum Gasteiger partial charge on any atom is -0.496 e. The molecule has 0 spiro atoms. The molecule has 0 aliphatic carbocycles. The standard InChI is InChI=1S/C10H12O4/c1-12-10-5-8(6-11)3-4-9(10)7-14-13-2/h3-6H,7H2,1-2H3. The molecule has 4 heteroatoms. The molecule has 0 fully saturated rings. The van der Waals surface area contributed by atoms with Crippen LogP contribution in [0.25, 0.3) is 0 Å². The average molecular weight is 196 g/mol. The fourth-order valence-electron chi connectivity index (χ4n) is 1.08. The van der Waals surface area contributed by atoms with E-state index >= 15 is 0 Å². The zero-order chi connectivity index (χ0) is 10.4. The van der Waals surface area contributed by atoms with Crippen LogP contribution in [0, 0.1) is 0 Å². The van der Waals surface area contributed by atoms with Gasteiger partial charge in [-0.25, -0.2) is 9.78 Å². The molecular weight excluding hydrogens is 184 g/mol. The van der Waals surface area contributed by atoms with E-state index in [9.17, 15) is 4.79 Å². The third kappa shape index (κ3) is 2.55. The zero-order valence-electron chi connectivity index (χ0n) is 8.15. The van der Waals surface area contributed by atoms with Gasteiger partial charge in [0, 0.05) is 11.1 Å². The van der Waals surface area contributed by atoms with Crippen LogP contribution in [0.3, 0.4) is 0 Å². The van der Waals surface area contributed by atoms with E-state index in [2.05, 4.69) is 4.89 Å². The van der Waals surface area contributed by atoms with E-state index in [1.165, 1.54) is 7.11 Å². The number of aldehydes is 1. The van der Waals surface area contributed by atoms with Crippen molar-refractivity contribution >= 4 is 6.29 Å². The molecule has 0 saturated carbocycles. The lowest BCUT2D eigenvalue weighted by Gasteiger charge is -2.07. The smallest absolute Gasteiger partial charge is 0.150 e. The van der Waals surface area contributed by atoms with Crippen LogP contribution in [0.15, 0.2) is 18.2 Å². The predicted molar refractivity (Wildman–Crippen MR) is 50.2 cm³/mol. The molecule has 0 atom stereocenters. The van der Waals surface area contributed by atoms with Crippen molar-refractivity contribution in [3.63, 3.8) is 0 Å². The first-order valence-electron chi connectivity index (χ1n) is 4.09. The number of rotatable bonds is 5. The molecule has 0 heterocycles. The Morgan fingerprint density at radius 2 is 2.14 bits per heavy atom. The fourth-order valence-corrected chi connectivity index (χ4v) is 1.08. The normalized spacial score (nSPS) is 9.86. The van der Waals surface area contributed by atoms with Crippen molar-refractivity contribution in [2.75, 3.05) is 14.2 Å². The first kappa shape index (κ1) is 10.7. The zero-order valence-corrected chi connectivity index (χ0v) is 8.15. The summed E-state index contributed by atoms with van der Waals surface area (Å²) in [5, 5.41) is 0. The minimum atomic E-state index is 0.290. The first-order chi connectivity index (χ1) is 6.81. The van der Waals surface area contributed by atoms with Crippen LogP contribution in [0.4, 0.5) is 0 Å². The molecule has 0 N–H and O–H groups in total. The quantitative estimate of drug-likeness (QED) is 0.407. The Bertz CT molecular complexity index is 309. The van der Waals surface area contributed by atoms with Crippen LogP contribution in [0.1, 0.15) is 15.9 Å². The molecule has 1 aromatic rings. The van der Waals surface area contributed by atoms with Gasteiger partial charge in [-0.15, -0.1) is 0 Å². The van der Waals surface area contributed by atoms with E-state index in [0.29, 0.717) is 17.9 Å². The third-order valence-electron chi connectivity index (χ3n) is 1.78. The van der Waals surface area contributed by atoms with E-state index in [0.717, 1.165) is 11.8 Å². The van der Waals surface area contributed by atoms with Crippen LogP contribution in [0.2, 0.25) is 0 Å². The monoisotopic (exact) mass is 196 g/mol. The van der Waals surface area contributed by atoms with E-state index in [1.54, 1.807) is 25.3 Å². The molecule has 1 aromatic carbocycles. The SMILES string of the molecule is COOCc1ccc(C=O)cc1OC. The molecule has 4 nitrogen and oxygen atoms in total. The highest BCUT2D eigenvalue weighted by Gasteiger charge is 2.04. The summed E-state index contributed by atoms with van der Waals surface area (Å²) in [6.45, 7) is 0.290.